The van der Waals surface area contributed by atoms with Crippen molar-refractivity contribution in [3.05, 3.63) is 130 Å². The number of carbonyl (C=O) groups is 1. The second-order valence-electron chi connectivity index (χ2n) is 8.37. The van der Waals surface area contributed by atoms with E-state index < -0.39 is 0 Å². The smallest absolute Gasteiger partial charge is 0.272 e. The second kappa shape index (κ2) is 11.4. The predicted octanol–water partition coefficient (Wildman–Crippen LogP) is 7.69. The Balaban J connectivity index is 1.32. The maximum absolute atomic E-state index is 13.1. The lowest BCUT2D eigenvalue weighted by molar-refractivity contribution is 0.0956. The van der Waals surface area contributed by atoms with Gasteiger partial charge in [-0.3, -0.25) is 4.79 Å². The van der Waals surface area contributed by atoms with E-state index in [4.69, 9.17) is 32.9 Å². The van der Waals surface area contributed by atoms with Crippen molar-refractivity contribution in [3.63, 3.8) is 0 Å². The van der Waals surface area contributed by atoms with Gasteiger partial charge in [-0.25, -0.2) is 14.8 Å². The monoisotopic (exact) mass is 543 g/mol. The summed E-state index contributed by atoms with van der Waals surface area (Å²) in [6.45, 7) is 0.175. The fourth-order valence-corrected chi connectivity index (χ4v) is 4.49. The van der Waals surface area contributed by atoms with E-state index in [1.807, 2.05) is 54.6 Å². The molecule has 0 radical (unpaired) electrons. The van der Waals surface area contributed by atoms with Crippen LogP contribution in [0.5, 0.6) is 5.75 Å². The molecule has 0 atom stereocenters. The molecule has 38 heavy (non-hydrogen) atoms. The zero-order chi connectivity index (χ0) is 26.5. The van der Waals surface area contributed by atoms with Gasteiger partial charge in [-0.05, 0) is 47.5 Å². The Kier molecular flexibility index (Phi) is 7.63. The SMILES string of the molecule is O=C(N/N=C/c1cc(Cl)c(OCc2ccc(F)cc2)c(Cl)c1)c1cc(-c2ccccc2)nc2ccccc12. The van der Waals surface area contributed by atoms with E-state index in [0.717, 1.165) is 11.1 Å². The zero-order valence-corrected chi connectivity index (χ0v) is 21.4. The number of benzene rings is 4. The summed E-state index contributed by atoms with van der Waals surface area (Å²) in [6.07, 6.45) is 1.45. The van der Waals surface area contributed by atoms with Gasteiger partial charge in [-0.2, -0.15) is 5.10 Å². The summed E-state index contributed by atoms with van der Waals surface area (Å²) in [4.78, 5) is 17.8. The van der Waals surface area contributed by atoms with Gasteiger partial charge >= 0.3 is 0 Å². The Morgan fingerprint density at radius 1 is 0.921 bits per heavy atom. The van der Waals surface area contributed by atoms with Crippen molar-refractivity contribution in [2.45, 2.75) is 6.61 Å². The van der Waals surface area contributed by atoms with Gasteiger partial charge < -0.3 is 4.74 Å². The first-order valence-corrected chi connectivity index (χ1v) is 12.4. The Morgan fingerprint density at radius 2 is 1.61 bits per heavy atom. The van der Waals surface area contributed by atoms with Crippen LogP contribution in [0, 0.1) is 5.82 Å². The summed E-state index contributed by atoms with van der Waals surface area (Å²) < 4.78 is 18.8. The predicted molar refractivity (Wildman–Crippen MR) is 149 cm³/mol. The third-order valence-corrected chi connectivity index (χ3v) is 6.29. The van der Waals surface area contributed by atoms with Crippen LogP contribution in [-0.4, -0.2) is 17.1 Å². The van der Waals surface area contributed by atoms with Crippen LogP contribution in [0.1, 0.15) is 21.5 Å². The molecule has 0 aliphatic rings. The van der Waals surface area contributed by atoms with E-state index in [-0.39, 0.29) is 28.4 Å². The number of halogens is 3. The maximum atomic E-state index is 13.1. The van der Waals surface area contributed by atoms with E-state index >= 15 is 0 Å². The minimum Gasteiger partial charge on any atom is -0.486 e. The number of hydrazone groups is 1. The summed E-state index contributed by atoms with van der Waals surface area (Å²) in [5.41, 5.74) is 6.67. The molecule has 0 unspecified atom stereocenters. The number of pyridine rings is 1. The van der Waals surface area contributed by atoms with Crippen molar-refractivity contribution in [2.24, 2.45) is 5.10 Å². The Bertz CT molecular complexity index is 1620. The molecular weight excluding hydrogens is 524 g/mol. The topological polar surface area (TPSA) is 63.6 Å². The van der Waals surface area contributed by atoms with Crippen molar-refractivity contribution >= 4 is 46.2 Å². The first-order valence-electron chi connectivity index (χ1n) is 11.6. The van der Waals surface area contributed by atoms with Crippen LogP contribution < -0.4 is 10.2 Å². The molecule has 188 valence electrons. The molecule has 0 aliphatic heterocycles. The van der Waals surface area contributed by atoms with Crippen LogP contribution in [0.2, 0.25) is 10.0 Å². The number of nitrogens with zero attached hydrogens (tertiary/aromatic N) is 2. The molecular formula is C30H20Cl2FN3O2. The molecule has 8 heteroatoms. The quantitative estimate of drug-likeness (QED) is 0.169. The summed E-state index contributed by atoms with van der Waals surface area (Å²) in [5, 5.41) is 5.37. The second-order valence-corrected chi connectivity index (χ2v) is 9.18. The van der Waals surface area contributed by atoms with Crippen LogP contribution in [0.3, 0.4) is 0 Å². The molecule has 1 heterocycles. The van der Waals surface area contributed by atoms with Crippen LogP contribution in [0.15, 0.2) is 102 Å². The molecule has 5 aromatic rings. The van der Waals surface area contributed by atoms with Gasteiger partial charge in [0.05, 0.1) is 33.0 Å². The van der Waals surface area contributed by atoms with Crippen molar-refractivity contribution in [1.29, 1.82) is 0 Å². The molecule has 0 spiro atoms. The van der Waals surface area contributed by atoms with E-state index in [2.05, 4.69) is 10.5 Å². The lowest BCUT2D eigenvalue weighted by Crippen LogP contribution is -2.18. The van der Waals surface area contributed by atoms with Crippen LogP contribution in [-0.2, 0) is 6.61 Å². The molecule has 1 amide bonds. The highest BCUT2D eigenvalue weighted by atomic mass is 35.5. The fourth-order valence-electron chi connectivity index (χ4n) is 3.87. The molecule has 4 aromatic carbocycles. The van der Waals surface area contributed by atoms with Crippen molar-refractivity contribution in [1.82, 2.24) is 10.4 Å². The number of para-hydroxylation sites is 1. The number of ether oxygens (including phenoxy) is 1. The standard InChI is InChI=1S/C30H20Cl2FN3O2/c31-25-14-20(15-26(32)29(25)38-18-19-10-12-22(33)13-11-19)17-34-36-30(37)24-16-28(21-6-2-1-3-7-21)35-27-9-5-4-8-23(24)27/h1-17H,18H2,(H,36,37)/b34-17+. The zero-order valence-electron chi connectivity index (χ0n) is 19.9. The number of hydrogen-bond donors (Lipinski definition) is 1. The third-order valence-electron chi connectivity index (χ3n) is 5.73. The first-order chi connectivity index (χ1) is 18.5. The first kappa shape index (κ1) is 25.4. The summed E-state index contributed by atoms with van der Waals surface area (Å²) in [7, 11) is 0. The number of rotatable bonds is 7. The van der Waals surface area contributed by atoms with Gasteiger partial charge in [0.15, 0.2) is 5.75 Å². The number of hydrogen-bond acceptors (Lipinski definition) is 4. The van der Waals surface area contributed by atoms with Crippen LogP contribution >= 0.6 is 23.2 Å². The fraction of sp³-hybridized carbons (Fsp3) is 0.0333. The lowest BCUT2D eigenvalue weighted by Gasteiger charge is -2.11. The molecule has 1 N–H and O–H groups in total. The maximum Gasteiger partial charge on any atom is 0.272 e. The van der Waals surface area contributed by atoms with Crippen LogP contribution in [0.25, 0.3) is 22.2 Å². The van der Waals surface area contributed by atoms with Crippen molar-refractivity contribution in [2.75, 3.05) is 0 Å². The molecule has 0 fully saturated rings. The lowest BCUT2D eigenvalue weighted by atomic mass is 10.0. The number of amides is 1. The summed E-state index contributed by atoms with van der Waals surface area (Å²) >= 11 is 12.8. The largest absolute Gasteiger partial charge is 0.486 e. The van der Waals surface area contributed by atoms with Crippen LogP contribution in [0.4, 0.5) is 4.39 Å². The number of aromatic nitrogens is 1. The highest BCUT2D eigenvalue weighted by molar-refractivity contribution is 6.37. The molecule has 0 aliphatic carbocycles. The number of nitrogens with one attached hydrogen (secondary N) is 1. The molecule has 0 saturated heterocycles. The van der Waals surface area contributed by atoms with Crippen molar-refractivity contribution in [3.8, 4) is 17.0 Å². The summed E-state index contributed by atoms with van der Waals surface area (Å²) in [5.74, 6) is -0.404. The van der Waals surface area contributed by atoms with Gasteiger partial charge in [0.1, 0.15) is 12.4 Å². The van der Waals surface area contributed by atoms with Gasteiger partial charge in [0, 0.05) is 10.9 Å². The average molecular weight is 544 g/mol. The molecule has 1 aromatic heterocycles. The van der Waals surface area contributed by atoms with E-state index in [1.165, 1.54) is 18.3 Å². The third kappa shape index (κ3) is 5.83. The minimum absolute atomic E-state index is 0.175. The highest BCUT2D eigenvalue weighted by Gasteiger charge is 2.14. The van der Waals surface area contributed by atoms with E-state index in [0.29, 0.717) is 33.5 Å². The molecule has 0 saturated carbocycles. The molecule has 0 bridgehead atoms. The molecule has 5 rings (SSSR count). The van der Waals surface area contributed by atoms with Crippen molar-refractivity contribution < 1.29 is 13.9 Å². The Morgan fingerprint density at radius 3 is 2.34 bits per heavy atom. The Labute approximate surface area is 228 Å². The van der Waals surface area contributed by atoms with Gasteiger partial charge in [0.25, 0.3) is 5.91 Å². The number of carbonyl (C=O) groups excluding carboxylic acids is 1. The van der Waals surface area contributed by atoms with Gasteiger partial charge in [-0.1, -0.05) is 83.9 Å². The Hall–Kier alpha value is -4.26. The minimum atomic E-state index is -0.381. The number of fused-ring (bicyclic) bond motifs is 1. The molecule has 5 nitrogen and oxygen atoms in total. The normalized spacial score (nSPS) is 11.1. The summed E-state index contributed by atoms with van der Waals surface area (Å²) in [6, 6.07) is 28.1. The highest BCUT2D eigenvalue weighted by Crippen LogP contribution is 2.34. The van der Waals surface area contributed by atoms with Gasteiger partial charge in [0.2, 0.25) is 0 Å². The van der Waals surface area contributed by atoms with Gasteiger partial charge in [-0.15, -0.1) is 0 Å². The average Bonchev–Trinajstić information content (AvgIpc) is 2.93. The van der Waals surface area contributed by atoms with E-state index in [1.54, 1.807) is 30.3 Å². The van der Waals surface area contributed by atoms with E-state index in [9.17, 15) is 9.18 Å².